The largest absolute Gasteiger partial charge is 0.506 e. The van der Waals surface area contributed by atoms with Crippen LogP contribution in [0.3, 0.4) is 0 Å². The molecule has 6 heteroatoms. The Hall–Kier alpha value is -2.60. The maximum absolute atomic E-state index is 9.88. The van der Waals surface area contributed by atoms with Gasteiger partial charge in [0.15, 0.2) is 5.82 Å². The number of aryl methyl sites for hydroxylation is 1. The Bertz CT molecular complexity index is 770. The molecule has 0 aliphatic rings. The van der Waals surface area contributed by atoms with E-state index in [9.17, 15) is 5.11 Å². The number of methoxy groups -OCH3 is 1. The molecule has 1 unspecified atom stereocenters. The number of anilines is 1. The van der Waals surface area contributed by atoms with E-state index < -0.39 is 0 Å². The van der Waals surface area contributed by atoms with E-state index in [2.05, 4.69) is 15.4 Å². The quantitative estimate of drug-likeness (QED) is 0.757. The predicted molar refractivity (Wildman–Crippen MR) is 84.1 cm³/mol. The van der Waals surface area contributed by atoms with E-state index in [4.69, 9.17) is 4.74 Å². The maximum atomic E-state index is 9.88. The number of fused-ring (bicyclic) bond motifs is 1. The van der Waals surface area contributed by atoms with Gasteiger partial charge in [0.1, 0.15) is 17.6 Å². The van der Waals surface area contributed by atoms with Crippen molar-refractivity contribution in [2.24, 2.45) is 0 Å². The third-order valence-electron chi connectivity index (χ3n) is 3.65. The molecular weight excluding hydrogens is 280 g/mol. The van der Waals surface area contributed by atoms with Crippen LogP contribution in [0.5, 0.6) is 5.75 Å². The Morgan fingerprint density at radius 1 is 1.32 bits per heavy atom. The highest BCUT2D eigenvalue weighted by Crippen LogP contribution is 2.29. The minimum Gasteiger partial charge on any atom is -0.506 e. The summed E-state index contributed by atoms with van der Waals surface area (Å²) in [5.41, 5.74) is 2.61. The molecule has 6 nitrogen and oxygen atoms in total. The van der Waals surface area contributed by atoms with Crippen molar-refractivity contribution in [3.05, 3.63) is 54.0 Å². The lowest BCUT2D eigenvalue weighted by Crippen LogP contribution is -2.17. The van der Waals surface area contributed by atoms with Crippen molar-refractivity contribution in [3.63, 3.8) is 0 Å². The first-order valence-electron chi connectivity index (χ1n) is 7.03. The standard InChI is InChI=1S/C16H18N4O2/c1-11-14(21)8-20-15(11)16(17-10-18-20)19-13(9-22-2)12-6-4-3-5-7-12/h3-8,10,13,21H,9H2,1-2H3,(H,17,18,19). The van der Waals surface area contributed by atoms with Crippen LogP contribution in [0.25, 0.3) is 5.52 Å². The van der Waals surface area contributed by atoms with Gasteiger partial charge in [-0.3, -0.25) is 0 Å². The van der Waals surface area contributed by atoms with E-state index in [1.54, 1.807) is 17.8 Å². The van der Waals surface area contributed by atoms with Gasteiger partial charge >= 0.3 is 0 Å². The molecule has 0 aliphatic carbocycles. The summed E-state index contributed by atoms with van der Waals surface area (Å²) in [6, 6.07) is 10.00. The fourth-order valence-corrected chi connectivity index (χ4v) is 2.49. The number of rotatable bonds is 5. The van der Waals surface area contributed by atoms with Gasteiger partial charge in [-0.15, -0.1) is 0 Å². The van der Waals surface area contributed by atoms with E-state index in [1.165, 1.54) is 6.33 Å². The number of aromatic nitrogens is 3. The van der Waals surface area contributed by atoms with Crippen molar-refractivity contribution in [2.75, 3.05) is 19.0 Å². The minimum absolute atomic E-state index is 0.0404. The van der Waals surface area contributed by atoms with E-state index >= 15 is 0 Å². The first kappa shape index (κ1) is 14.3. The number of hydrogen-bond acceptors (Lipinski definition) is 5. The summed E-state index contributed by atoms with van der Waals surface area (Å²) < 4.78 is 6.94. The normalized spacial score (nSPS) is 12.5. The lowest BCUT2D eigenvalue weighted by molar-refractivity contribution is 0.186. The third kappa shape index (κ3) is 2.60. The molecule has 114 valence electrons. The molecule has 1 atom stereocenters. The third-order valence-corrected chi connectivity index (χ3v) is 3.65. The molecule has 0 amide bonds. The highest BCUT2D eigenvalue weighted by molar-refractivity contribution is 5.75. The summed E-state index contributed by atoms with van der Waals surface area (Å²) in [7, 11) is 1.67. The molecular formula is C16H18N4O2. The first-order valence-corrected chi connectivity index (χ1v) is 7.03. The topological polar surface area (TPSA) is 71.7 Å². The smallest absolute Gasteiger partial charge is 0.154 e. The second-order valence-corrected chi connectivity index (χ2v) is 5.10. The summed E-state index contributed by atoms with van der Waals surface area (Å²) in [5.74, 6) is 0.866. The average Bonchev–Trinajstić information content (AvgIpc) is 2.83. The van der Waals surface area contributed by atoms with Gasteiger partial charge in [-0.25, -0.2) is 9.50 Å². The van der Waals surface area contributed by atoms with E-state index in [1.807, 2.05) is 37.3 Å². The minimum atomic E-state index is -0.0404. The Morgan fingerprint density at radius 3 is 2.82 bits per heavy atom. The summed E-state index contributed by atoms with van der Waals surface area (Å²) in [5, 5.41) is 17.4. The summed E-state index contributed by atoms with van der Waals surface area (Å²) in [4.78, 5) is 4.32. The van der Waals surface area contributed by atoms with Crippen LogP contribution in [-0.2, 0) is 4.74 Å². The van der Waals surface area contributed by atoms with Gasteiger partial charge in [-0.1, -0.05) is 30.3 Å². The molecule has 3 rings (SSSR count). The van der Waals surface area contributed by atoms with Crippen LogP contribution in [0.2, 0.25) is 0 Å². The molecule has 2 heterocycles. The second-order valence-electron chi connectivity index (χ2n) is 5.10. The number of hydrogen-bond donors (Lipinski definition) is 2. The zero-order valence-electron chi connectivity index (χ0n) is 12.5. The van der Waals surface area contributed by atoms with Gasteiger partial charge in [0.05, 0.1) is 18.8 Å². The SMILES string of the molecule is COCC(Nc1ncnn2cc(O)c(C)c12)c1ccccc1. The van der Waals surface area contributed by atoms with Crippen molar-refractivity contribution in [2.45, 2.75) is 13.0 Å². The number of aromatic hydroxyl groups is 1. The highest BCUT2D eigenvalue weighted by atomic mass is 16.5. The van der Waals surface area contributed by atoms with Crippen LogP contribution < -0.4 is 5.32 Å². The van der Waals surface area contributed by atoms with Gasteiger partial charge in [0, 0.05) is 12.7 Å². The maximum Gasteiger partial charge on any atom is 0.154 e. The predicted octanol–water partition coefficient (Wildman–Crippen LogP) is 2.54. The van der Waals surface area contributed by atoms with E-state index in [0.717, 1.165) is 16.6 Å². The zero-order chi connectivity index (χ0) is 15.5. The summed E-state index contributed by atoms with van der Waals surface area (Å²) >= 11 is 0. The monoisotopic (exact) mass is 298 g/mol. The molecule has 2 N–H and O–H groups in total. The van der Waals surface area contributed by atoms with Crippen LogP contribution in [0.1, 0.15) is 17.2 Å². The van der Waals surface area contributed by atoms with Crippen LogP contribution in [0.4, 0.5) is 5.82 Å². The van der Waals surface area contributed by atoms with Crippen molar-refractivity contribution in [3.8, 4) is 5.75 Å². The fraction of sp³-hybridized carbons (Fsp3) is 0.250. The lowest BCUT2D eigenvalue weighted by Gasteiger charge is -2.19. The van der Waals surface area contributed by atoms with E-state index in [-0.39, 0.29) is 11.8 Å². The van der Waals surface area contributed by atoms with Crippen LogP contribution in [0, 0.1) is 6.92 Å². The number of ether oxygens (including phenoxy) is 1. The lowest BCUT2D eigenvalue weighted by atomic mass is 10.1. The second kappa shape index (κ2) is 6.03. The average molecular weight is 298 g/mol. The molecule has 0 aliphatic heterocycles. The van der Waals surface area contributed by atoms with Crippen molar-refractivity contribution < 1.29 is 9.84 Å². The molecule has 2 aromatic heterocycles. The summed E-state index contributed by atoms with van der Waals surface area (Å²) in [6.07, 6.45) is 3.04. The number of nitrogens with zero attached hydrogens (tertiary/aromatic N) is 3. The van der Waals surface area contributed by atoms with Crippen LogP contribution in [0.15, 0.2) is 42.9 Å². The Labute approximate surface area is 128 Å². The van der Waals surface area contributed by atoms with E-state index in [0.29, 0.717) is 12.4 Å². The van der Waals surface area contributed by atoms with Crippen LogP contribution in [-0.4, -0.2) is 33.4 Å². The molecule has 0 spiro atoms. The molecule has 0 saturated carbocycles. The van der Waals surface area contributed by atoms with Gasteiger partial charge in [0.25, 0.3) is 0 Å². The summed E-state index contributed by atoms with van der Waals surface area (Å²) in [6.45, 7) is 2.35. The zero-order valence-corrected chi connectivity index (χ0v) is 12.5. The number of nitrogens with one attached hydrogen (secondary N) is 1. The van der Waals surface area contributed by atoms with Crippen LogP contribution >= 0.6 is 0 Å². The molecule has 0 fully saturated rings. The Balaban J connectivity index is 2.00. The van der Waals surface area contributed by atoms with Gasteiger partial charge < -0.3 is 15.2 Å². The molecule has 22 heavy (non-hydrogen) atoms. The molecule has 3 aromatic rings. The Kier molecular flexibility index (Phi) is 3.93. The molecule has 0 saturated heterocycles. The molecule has 1 aromatic carbocycles. The Morgan fingerprint density at radius 2 is 2.09 bits per heavy atom. The molecule has 0 bridgehead atoms. The van der Waals surface area contributed by atoms with Gasteiger partial charge in [-0.2, -0.15) is 5.10 Å². The van der Waals surface area contributed by atoms with Crippen molar-refractivity contribution in [1.82, 2.24) is 14.6 Å². The first-order chi connectivity index (χ1) is 10.7. The highest BCUT2D eigenvalue weighted by Gasteiger charge is 2.16. The van der Waals surface area contributed by atoms with Gasteiger partial charge in [-0.05, 0) is 12.5 Å². The van der Waals surface area contributed by atoms with Crippen molar-refractivity contribution in [1.29, 1.82) is 0 Å². The molecule has 0 radical (unpaired) electrons. The van der Waals surface area contributed by atoms with Crippen molar-refractivity contribution >= 4 is 11.3 Å². The fourth-order valence-electron chi connectivity index (χ4n) is 2.49. The number of benzene rings is 1. The van der Waals surface area contributed by atoms with Gasteiger partial charge in [0.2, 0.25) is 0 Å².